The fourth-order valence-electron chi connectivity index (χ4n) is 2.82. The normalized spacial score (nSPS) is 13.6. The Morgan fingerprint density at radius 2 is 1.63 bits per heavy atom. The number of para-hydroxylation sites is 1. The first-order valence-electron chi connectivity index (χ1n) is 9.34. The lowest BCUT2D eigenvalue weighted by Crippen LogP contribution is -2.50. The highest BCUT2D eigenvalue weighted by Gasteiger charge is 2.32. The molecule has 5 heteroatoms. The summed E-state index contributed by atoms with van der Waals surface area (Å²) in [6.07, 6.45) is 0. The van der Waals surface area contributed by atoms with E-state index in [1.807, 2.05) is 31.2 Å². The van der Waals surface area contributed by atoms with E-state index >= 15 is 0 Å². The van der Waals surface area contributed by atoms with Gasteiger partial charge in [-0.3, -0.25) is 0 Å². The van der Waals surface area contributed by atoms with Gasteiger partial charge in [0, 0.05) is 23.7 Å². The van der Waals surface area contributed by atoms with E-state index < -0.39 is 13.9 Å². The molecule has 0 unspecified atom stereocenters. The molecular formula is C22H30N2OSSi. The topological polar surface area (TPSA) is 36.3 Å². The molecular weight excluding hydrogens is 368 g/mol. The number of hydrogen-bond acceptors (Lipinski definition) is 4. The molecule has 0 aromatic heterocycles. The largest absolute Gasteiger partial charge is 0.416 e. The van der Waals surface area contributed by atoms with E-state index in [1.165, 1.54) is 5.56 Å². The highest BCUT2D eigenvalue weighted by atomic mass is 32.2. The quantitative estimate of drug-likeness (QED) is 0.491. The number of nitrogens with zero attached hydrogens (tertiary/aromatic N) is 2. The van der Waals surface area contributed by atoms with Crippen LogP contribution < -0.4 is 4.90 Å². The van der Waals surface area contributed by atoms with Crippen LogP contribution in [0.15, 0.2) is 60.7 Å². The Bertz CT molecular complexity index is 727. The van der Waals surface area contributed by atoms with Crippen molar-refractivity contribution in [3.8, 4) is 6.07 Å². The average Bonchev–Trinajstić information content (AvgIpc) is 2.66. The maximum Gasteiger partial charge on any atom is 0.183 e. The molecule has 0 aliphatic carbocycles. The van der Waals surface area contributed by atoms with Crippen LogP contribution in [0.4, 0.5) is 5.69 Å². The van der Waals surface area contributed by atoms with E-state index in [0.29, 0.717) is 13.2 Å². The maximum absolute atomic E-state index is 10.0. The van der Waals surface area contributed by atoms with E-state index in [4.69, 9.17) is 4.43 Å². The molecule has 0 amide bonds. The molecule has 0 N–H and O–H groups in total. The summed E-state index contributed by atoms with van der Waals surface area (Å²) < 4.78 is 6.08. The van der Waals surface area contributed by atoms with Crippen molar-refractivity contribution in [2.45, 2.75) is 37.9 Å². The van der Waals surface area contributed by atoms with Crippen molar-refractivity contribution in [1.29, 1.82) is 5.26 Å². The molecule has 0 saturated carbocycles. The monoisotopic (exact) mass is 398 g/mol. The van der Waals surface area contributed by atoms with Crippen molar-refractivity contribution in [2.75, 3.05) is 23.8 Å². The Morgan fingerprint density at radius 1 is 1.04 bits per heavy atom. The summed E-state index contributed by atoms with van der Waals surface area (Å²) in [7, 11) is -1.58. The summed E-state index contributed by atoms with van der Waals surface area (Å²) in [4.78, 5) is 2.20. The van der Waals surface area contributed by atoms with Gasteiger partial charge in [-0.25, -0.2) is 0 Å². The highest BCUT2D eigenvalue weighted by molar-refractivity contribution is 7.98. The smallest absolute Gasteiger partial charge is 0.183 e. The van der Waals surface area contributed by atoms with Gasteiger partial charge in [0.1, 0.15) is 5.54 Å². The highest BCUT2D eigenvalue weighted by Crippen LogP contribution is 2.28. The average molecular weight is 399 g/mol. The molecule has 1 atom stereocenters. The molecule has 2 rings (SSSR count). The van der Waals surface area contributed by atoms with Crippen LogP contribution in [0.2, 0.25) is 19.6 Å². The van der Waals surface area contributed by atoms with Crippen LogP contribution in [-0.4, -0.2) is 32.8 Å². The minimum absolute atomic E-state index is 0.594. The standard InChI is InChI=1S/C22H30N2OSSi/c1-22(18-23,19-26-17-20-11-7-5-8-12-20)24(15-16-25-27(2,3)4)21-13-9-6-10-14-21/h5-14H,15-17,19H2,1-4H3/t22-/m1/s1. The van der Waals surface area contributed by atoms with Crippen LogP contribution in [-0.2, 0) is 10.2 Å². The predicted molar refractivity (Wildman–Crippen MR) is 120 cm³/mol. The zero-order valence-electron chi connectivity index (χ0n) is 16.8. The summed E-state index contributed by atoms with van der Waals surface area (Å²) in [6.45, 7) is 9.97. The molecule has 0 aliphatic rings. The number of anilines is 1. The molecule has 0 bridgehead atoms. The van der Waals surface area contributed by atoms with Crippen molar-refractivity contribution in [3.05, 3.63) is 66.2 Å². The Balaban J connectivity index is 2.10. The van der Waals surface area contributed by atoms with Crippen molar-refractivity contribution < 1.29 is 4.43 Å². The van der Waals surface area contributed by atoms with Gasteiger partial charge in [-0.05, 0) is 44.3 Å². The van der Waals surface area contributed by atoms with Crippen LogP contribution in [0.1, 0.15) is 12.5 Å². The third kappa shape index (κ3) is 7.06. The lowest BCUT2D eigenvalue weighted by molar-refractivity contribution is 0.310. The molecule has 0 aliphatic heterocycles. The van der Waals surface area contributed by atoms with Gasteiger partial charge < -0.3 is 9.33 Å². The number of nitriles is 1. The molecule has 3 nitrogen and oxygen atoms in total. The van der Waals surface area contributed by atoms with Crippen LogP contribution in [0.25, 0.3) is 0 Å². The van der Waals surface area contributed by atoms with Gasteiger partial charge in [-0.1, -0.05) is 48.5 Å². The van der Waals surface area contributed by atoms with E-state index in [0.717, 1.165) is 17.2 Å². The fourth-order valence-corrected chi connectivity index (χ4v) is 4.68. The lowest BCUT2D eigenvalue weighted by atomic mass is 10.0. The van der Waals surface area contributed by atoms with Crippen molar-refractivity contribution >= 4 is 25.8 Å². The molecule has 2 aromatic rings. The third-order valence-electron chi connectivity index (χ3n) is 4.25. The zero-order valence-corrected chi connectivity index (χ0v) is 18.6. The van der Waals surface area contributed by atoms with Crippen molar-refractivity contribution in [3.63, 3.8) is 0 Å². The number of benzene rings is 2. The summed E-state index contributed by atoms with van der Waals surface area (Å²) >= 11 is 1.80. The second kappa shape index (κ2) is 9.98. The summed E-state index contributed by atoms with van der Waals surface area (Å²) in [6, 6.07) is 23.2. The Hall–Kier alpha value is -1.74. The van der Waals surface area contributed by atoms with E-state index in [1.54, 1.807) is 11.8 Å². The Kier molecular flexibility index (Phi) is 7.97. The lowest BCUT2D eigenvalue weighted by Gasteiger charge is -2.38. The zero-order chi connectivity index (χ0) is 19.8. The molecule has 0 saturated heterocycles. The fraction of sp³-hybridized carbons (Fsp3) is 0.409. The van der Waals surface area contributed by atoms with Crippen LogP contribution in [0.5, 0.6) is 0 Å². The Morgan fingerprint density at radius 3 is 2.19 bits per heavy atom. The first-order valence-corrected chi connectivity index (χ1v) is 13.9. The number of rotatable bonds is 10. The summed E-state index contributed by atoms with van der Waals surface area (Å²) in [5, 5.41) is 10.0. The van der Waals surface area contributed by atoms with Crippen LogP contribution in [0, 0.1) is 11.3 Å². The number of hydrogen-bond donors (Lipinski definition) is 0. The molecule has 0 fully saturated rings. The predicted octanol–water partition coefficient (Wildman–Crippen LogP) is 5.56. The van der Waals surface area contributed by atoms with Crippen molar-refractivity contribution in [2.24, 2.45) is 0 Å². The molecule has 2 aromatic carbocycles. The summed E-state index contributed by atoms with van der Waals surface area (Å²) in [5.74, 6) is 1.65. The molecule has 0 heterocycles. The van der Waals surface area contributed by atoms with E-state index in [2.05, 4.69) is 67.0 Å². The van der Waals surface area contributed by atoms with Gasteiger partial charge in [0.15, 0.2) is 8.32 Å². The van der Waals surface area contributed by atoms with Gasteiger partial charge in [-0.2, -0.15) is 17.0 Å². The van der Waals surface area contributed by atoms with E-state index in [9.17, 15) is 5.26 Å². The van der Waals surface area contributed by atoms with Gasteiger partial charge in [0.2, 0.25) is 0 Å². The van der Waals surface area contributed by atoms with Gasteiger partial charge >= 0.3 is 0 Å². The van der Waals surface area contributed by atoms with Crippen LogP contribution >= 0.6 is 11.8 Å². The minimum atomic E-state index is -1.58. The first-order chi connectivity index (χ1) is 12.8. The SMILES string of the molecule is C[C@@](C#N)(CSCc1ccccc1)N(CCO[Si](C)(C)C)c1ccccc1. The van der Waals surface area contributed by atoms with Crippen molar-refractivity contribution in [1.82, 2.24) is 0 Å². The number of thioether (sulfide) groups is 1. The van der Waals surface area contributed by atoms with E-state index in [-0.39, 0.29) is 0 Å². The second-order valence-corrected chi connectivity index (χ2v) is 13.3. The van der Waals surface area contributed by atoms with Gasteiger partial charge in [0.25, 0.3) is 0 Å². The first kappa shape index (κ1) is 21.6. The molecule has 144 valence electrons. The Labute approximate surface area is 169 Å². The summed E-state index contributed by atoms with van der Waals surface area (Å²) in [5.41, 5.74) is 1.76. The van der Waals surface area contributed by atoms with Gasteiger partial charge in [0.05, 0.1) is 12.7 Å². The molecule has 27 heavy (non-hydrogen) atoms. The minimum Gasteiger partial charge on any atom is -0.416 e. The molecule has 0 spiro atoms. The third-order valence-corrected chi connectivity index (χ3v) is 6.62. The molecule has 0 radical (unpaired) electrons. The maximum atomic E-state index is 10.0. The second-order valence-electron chi connectivity index (χ2n) is 7.81. The van der Waals surface area contributed by atoms with Crippen LogP contribution in [0.3, 0.4) is 0 Å². The van der Waals surface area contributed by atoms with Gasteiger partial charge in [-0.15, -0.1) is 0 Å².